The molecule has 1 heterocycles. The Hall–Kier alpha value is -1.05. The highest BCUT2D eigenvalue weighted by atomic mass is 79.9. The van der Waals surface area contributed by atoms with Crippen molar-refractivity contribution >= 4 is 43.0 Å². The molecule has 0 bridgehead atoms. The highest BCUT2D eigenvalue weighted by Crippen LogP contribution is 2.35. The maximum atomic E-state index is 8.71. The first-order valence-electron chi connectivity index (χ1n) is 4.05. The normalized spacial score (nSPS) is 10.3. The third-order valence-electron chi connectivity index (χ3n) is 2.08. The molecule has 0 radical (unpaired) electrons. The van der Waals surface area contributed by atoms with Gasteiger partial charge >= 0.3 is 0 Å². The quantitative estimate of drug-likeness (QED) is 0.806. The van der Waals surface area contributed by atoms with Gasteiger partial charge in [-0.05, 0) is 23.1 Å². The summed E-state index contributed by atoms with van der Waals surface area (Å²) in [7, 11) is 0. The van der Waals surface area contributed by atoms with Crippen LogP contribution in [0.3, 0.4) is 0 Å². The minimum atomic E-state index is 0.415. The predicted molar refractivity (Wildman–Crippen MR) is 63.3 cm³/mol. The molecule has 0 aliphatic heterocycles. The van der Waals surface area contributed by atoms with Gasteiger partial charge < -0.3 is 5.73 Å². The number of nitrogens with zero attached hydrogens (tertiary/aromatic N) is 1. The number of nitriles is 1. The van der Waals surface area contributed by atoms with Gasteiger partial charge in [-0.15, -0.1) is 11.3 Å². The molecule has 0 aliphatic rings. The van der Waals surface area contributed by atoms with Gasteiger partial charge in [0.15, 0.2) is 0 Å². The van der Waals surface area contributed by atoms with Crippen LogP contribution in [0, 0.1) is 11.3 Å². The summed E-state index contributed by atoms with van der Waals surface area (Å²) >= 11 is 5.05. The molecule has 2 aromatic rings. The van der Waals surface area contributed by atoms with Gasteiger partial charge in [0.25, 0.3) is 0 Å². The van der Waals surface area contributed by atoms with Crippen molar-refractivity contribution in [2.45, 2.75) is 6.42 Å². The highest BCUT2D eigenvalue weighted by Gasteiger charge is 2.09. The average Bonchev–Trinajstić information content (AvgIpc) is 2.60. The lowest BCUT2D eigenvalue weighted by Crippen LogP contribution is -1.90. The fourth-order valence-corrected chi connectivity index (χ4v) is 3.12. The number of fused-ring (bicyclic) bond motifs is 1. The van der Waals surface area contributed by atoms with Crippen LogP contribution in [0.15, 0.2) is 22.0 Å². The minimum Gasteiger partial charge on any atom is -0.398 e. The molecule has 2 nitrogen and oxygen atoms in total. The van der Waals surface area contributed by atoms with Gasteiger partial charge in [0.2, 0.25) is 0 Å². The molecule has 0 fully saturated rings. The number of anilines is 1. The van der Waals surface area contributed by atoms with Crippen molar-refractivity contribution in [3.8, 4) is 6.07 Å². The van der Waals surface area contributed by atoms with E-state index < -0.39 is 0 Å². The van der Waals surface area contributed by atoms with Crippen molar-refractivity contribution in [2.24, 2.45) is 0 Å². The molecule has 1 aromatic heterocycles. The Balaban J connectivity index is 2.81. The topological polar surface area (TPSA) is 49.8 Å². The minimum absolute atomic E-state index is 0.415. The molecule has 4 heteroatoms. The number of thiophene rings is 1. The Morgan fingerprint density at radius 1 is 1.57 bits per heavy atom. The van der Waals surface area contributed by atoms with Crippen LogP contribution in [0.2, 0.25) is 0 Å². The van der Waals surface area contributed by atoms with Crippen molar-refractivity contribution in [3.05, 3.63) is 27.5 Å². The van der Waals surface area contributed by atoms with Crippen LogP contribution in [0.5, 0.6) is 0 Å². The largest absolute Gasteiger partial charge is 0.398 e. The monoisotopic (exact) mass is 266 g/mol. The molecule has 70 valence electrons. The first kappa shape index (κ1) is 9.50. The van der Waals surface area contributed by atoms with Gasteiger partial charge in [-0.1, -0.05) is 15.9 Å². The maximum Gasteiger partial charge on any atom is 0.0670 e. The van der Waals surface area contributed by atoms with E-state index in [1.54, 1.807) is 11.3 Å². The van der Waals surface area contributed by atoms with E-state index in [0.29, 0.717) is 6.42 Å². The summed E-state index contributed by atoms with van der Waals surface area (Å²) < 4.78 is 2.03. The molecule has 0 amide bonds. The summed E-state index contributed by atoms with van der Waals surface area (Å²) in [5.74, 6) is 0. The highest BCUT2D eigenvalue weighted by molar-refractivity contribution is 9.10. The Morgan fingerprint density at radius 2 is 2.36 bits per heavy atom. The van der Waals surface area contributed by atoms with Crippen LogP contribution in [-0.2, 0) is 6.42 Å². The van der Waals surface area contributed by atoms with Crippen molar-refractivity contribution in [3.63, 3.8) is 0 Å². The molecule has 0 aliphatic carbocycles. The zero-order chi connectivity index (χ0) is 10.1. The maximum absolute atomic E-state index is 8.71. The van der Waals surface area contributed by atoms with E-state index in [0.717, 1.165) is 25.8 Å². The molecule has 14 heavy (non-hydrogen) atoms. The number of halogens is 1. The van der Waals surface area contributed by atoms with Crippen molar-refractivity contribution < 1.29 is 0 Å². The lowest BCUT2D eigenvalue weighted by atomic mass is 10.1. The lowest BCUT2D eigenvalue weighted by molar-refractivity contribution is 1.28. The number of hydrogen-bond donors (Lipinski definition) is 1. The third kappa shape index (κ3) is 1.39. The number of nitrogen functional groups attached to an aromatic ring is 1. The molecule has 0 saturated carbocycles. The molecule has 2 N–H and O–H groups in total. The summed E-state index contributed by atoms with van der Waals surface area (Å²) in [5.41, 5.74) is 7.65. The molecule has 1 aromatic carbocycles. The summed E-state index contributed by atoms with van der Waals surface area (Å²) in [4.78, 5) is 0. The van der Waals surface area contributed by atoms with E-state index >= 15 is 0 Å². The van der Waals surface area contributed by atoms with Crippen molar-refractivity contribution in [2.75, 3.05) is 5.73 Å². The average molecular weight is 267 g/mol. The van der Waals surface area contributed by atoms with Crippen LogP contribution in [0.25, 0.3) is 10.1 Å². The second-order valence-electron chi connectivity index (χ2n) is 2.92. The van der Waals surface area contributed by atoms with E-state index in [9.17, 15) is 0 Å². The van der Waals surface area contributed by atoms with Gasteiger partial charge in [0, 0.05) is 20.2 Å². The molecule has 0 saturated heterocycles. The molecular weight excluding hydrogens is 260 g/mol. The Kier molecular flexibility index (Phi) is 2.44. The molecule has 0 atom stereocenters. The van der Waals surface area contributed by atoms with Crippen LogP contribution in [0.1, 0.15) is 5.56 Å². The fraction of sp³-hybridized carbons (Fsp3) is 0.100. The lowest BCUT2D eigenvalue weighted by Gasteiger charge is -2.04. The molecule has 0 spiro atoms. The summed E-state index contributed by atoms with van der Waals surface area (Å²) in [5, 5.41) is 11.8. The first-order valence-corrected chi connectivity index (χ1v) is 5.72. The zero-order valence-corrected chi connectivity index (χ0v) is 9.65. The number of benzene rings is 1. The standard InChI is InChI=1S/C10H7BrN2S/c11-8-5-9(13)7-2-4-14-10(7)6(8)1-3-12/h2,4-5H,1,13H2. The van der Waals surface area contributed by atoms with E-state index in [1.807, 2.05) is 17.5 Å². The first-order chi connectivity index (χ1) is 6.74. The van der Waals surface area contributed by atoms with E-state index in [4.69, 9.17) is 11.0 Å². The molecule has 2 rings (SSSR count). The SMILES string of the molecule is N#CCc1c(Br)cc(N)c2ccsc12. The Morgan fingerprint density at radius 3 is 3.07 bits per heavy atom. The summed E-state index contributed by atoms with van der Waals surface area (Å²) in [6, 6.07) is 6.01. The van der Waals surface area contributed by atoms with Gasteiger partial charge in [0.05, 0.1) is 12.5 Å². The predicted octanol–water partition coefficient (Wildman–Crippen LogP) is 3.31. The Labute approximate surface area is 94.1 Å². The Bertz CT molecular complexity index is 525. The number of hydrogen-bond acceptors (Lipinski definition) is 3. The summed E-state index contributed by atoms with van der Waals surface area (Å²) in [6.45, 7) is 0. The smallest absolute Gasteiger partial charge is 0.0670 e. The number of rotatable bonds is 1. The van der Waals surface area contributed by atoms with Crippen LogP contribution in [-0.4, -0.2) is 0 Å². The molecule has 0 unspecified atom stereocenters. The van der Waals surface area contributed by atoms with Crippen molar-refractivity contribution in [1.82, 2.24) is 0 Å². The number of nitrogens with two attached hydrogens (primary N) is 1. The zero-order valence-electron chi connectivity index (χ0n) is 7.25. The second kappa shape index (κ2) is 3.60. The summed E-state index contributed by atoms with van der Waals surface area (Å²) in [6.07, 6.45) is 0.415. The second-order valence-corrected chi connectivity index (χ2v) is 4.69. The van der Waals surface area contributed by atoms with E-state index in [2.05, 4.69) is 22.0 Å². The van der Waals surface area contributed by atoms with Gasteiger partial charge in [-0.2, -0.15) is 5.26 Å². The van der Waals surface area contributed by atoms with Crippen LogP contribution in [0.4, 0.5) is 5.69 Å². The van der Waals surface area contributed by atoms with E-state index in [1.165, 1.54) is 0 Å². The van der Waals surface area contributed by atoms with Crippen molar-refractivity contribution in [1.29, 1.82) is 5.26 Å². The van der Waals surface area contributed by atoms with Crippen LogP contribution < -0.4 is 5.73 Å². The molecular formula is C10H7BrN2S. The van der Waals surface area contributed by atoms with E-state index in [-0.39, 0.29) is 0 Å². The van der Waals surface area contributed by atoms with Crippen LogP contribution >= 0.6 is 27.3 Å². The van der Waals surface area contributed by atoms with Gasteiger partial charge in [0.1, 0.15) is 0 Å². The van der Waals surface area contributed by atoms with Gasteiger partial charge in [-0.25, -0.2) is 0 Å². The van der Waals surface area contributed by atoms with Gasteiger partial charge in [-0.3, -0.25) is 0 Å². The third-order valence-corrected chi connectivity index (χ3v) is 3.76. The fourth-order valence-electron chi connectivity index (χ4n) is 1.42.